The Balaban J connectivity index is 2.47. The second kappa shape index (κ2) is 5.95. The van der Waals surface area contributed by atoms with Crippen molar-refractivity contribution in [2.75, 3.05) is 45.5 Å². The van der Waals surface area contributed by atoms with E-state index in [-0.39, 0.29) is 0 Å². The van der Waals surface area contributed by atoms with Gasteiger partial charge >= 0.3 is 0 Å². The molecule has 0 aliphatic carbocycles. The molecule has 6 heteroatoms. The van der Waals surface area contributed by atoms with Gasteiger partial charge in [0.25, 0.3) is 0 Å². The molecule has 0 amide bonds. The molecule has 5 nitrogen and oxygen atoms in total. The number of sulfonamides is 1. The van der Waals surface area contributed by atoms with Crippen LogP contribution in [0.2, 0.25) is 0 Å². The maximum absolute atomic E-state index is 11.4. The molecule has 1 aliphatic rings. The minimum absolute atomic E-state index is 0.477. The third kappa shape index (κ3) is 4.37. The number of nitrogens with two attached hydrogens (primary N) is 1. The number of nitrogens with zero attached hydrogens (tertiary/aromatic N) is 2. The number of rotatable bonds is 4. The molecule has 96 valence electrons. The van der Waals surface area contributed by atoms with Crippen LogP contribution in [0.25, 0.3) is 0 Å². The van der Waals surface area contributed by atoms with Gasteiger partial charge in [-0.05, 0) is 25.4 Å². The van der Waals surface area contributed by atoms with Crippen LogP contribution in [0.4, 0.5) is 0 Å². The SMILES string of the molecule is CC(CN)CN1CCCN(S(C)(=O)=O)CC1. The standard InChI is InChI=1S/C10H23N3O2S/c1-10(8-11)9-12-4-3-5-13(7-6-12)16(2,14)15/h10H,3-9,11H2,1-2H3. The van der Waals surface area contributed by atoms with Crippen LogP contribution in [0, 0.1) is 5.92 Å². The van der Waals surface area contributed by atoms with E-state index in [0.29, 0.717) is 25.6 Å². The van der Waals surface area contributed by atoms with Gasteiger partial charge in [-0.25, -0.2) is 12.7 Å². The molecule has 1 atom stereocenters. The average Bonchev–Trinajstić information content (AvgIpc) is 2.42. The highest BCUT2D eigenvalue weighted by Crippen LogP contribution is 2.08. The third-order valence-electron chi connectivity index (χ3n) is 2.99. The van der Waals surface area contributed by atoms with Gasteiger partial charge in [-0.2, -0.15) is 0 Å². The Kier molecular flexibility index (Phi) is 5.17. The zero-order valence-corrected chi connectivity index (χ0v) is 11.0. The predicted octanol–water partition coefficient (Wildman–Crippen LogP) is -0.451. The summed E-state index contributed by atoms with van der Waals surface area (Å²) < 4.78 is 24.4. The first-order valence-corrected chi connectivity index (χ1v) is 7.66. The fourth-order valence-corrected chi connectivity index (χ4v) is 2.85. The van der Waals surface area contributed by atoms with Crippen LogP contribution < -0.4 is 5.73 Å². The molecule has 0 aromatic carbocycles. The first-order valence-electron chi connectivity index (χ1n) is 5.81. The molecule has 1 rings (SSSR count). The van der Waals surface area contributed by atoms with E-state index in [0.717, 1.165) is 26.1 Å². The van der Waals surface area contributed by atoms with Gasteiger partial charge in [0.2, 0.25) is 10.0 Å². The van der Waals surface area contributed by atoms with Crippen molar-refractivity contribution in [2.24, 2.45) is 11.7 Å². The molecule has 0 radical (unpaired) electrons. The van der Waals surface area contributed by atoms with Crippen LogP contribution >= 0.6 is 0 Å². The second-order valence-corrected chi connectivity index (χ2v) is 6.64. The van der Waals surface area contributed by atoms with Crippen molar-refractivity contribution in [1.82, 2.24) is 9.21 Å². The predicted molar refractivity (Wildman–Crippen MR) is 65.7 cm³/mol. The largest absolute Gasteiger partial charge is 0.330 e. The van der Waals surface area contributed by atoms with E-state index in [1.807, 2.05) is 0 Å². The van der Waals surface area contributed by atoms with Gasteiger partial charge in [-0.3, -0.25) is 0 Å². The molecule has 0 saturated carbocycles. The van der Waals surface area contributed by atoms with Crippen LogP contribution in [0.15, 0.2) is 0 Å². The van der Waals surface area contributed by atoms with E-state index in [4.69, 9.17) is 5.73 Å². The zero-order valence-electron chi connectivity index (χ0n) is 10.2. The molecule has 0 aromatic heterocycles. The first-order chi connectivity index (χ1) is 7.43. The Hall–Kier alpha value is -0.170. The van der Waals surface area contributed by atoms with E-state index in [1.54, 1.807) is 4.31 Å². The van der Waals surface area contributed by atoms with Crippen molar-refractivity contribution in [3.63, 3.8) is 0 Å². The molecule has 0 bridgehead atoms. The van der Waals surface area contributed by atoms with Crippen molar-refractivity contribution in [3.8, 4) is 0 Å². The van der Waals surface area contributed by atoms with Crippen LogP contribution in [0.3, 0.4) is 0 Å². The lowest BCUT2D eigenvalue weighted by molar-refractivity contribution is 0.251. The Labute approximate surface area is 98.6 Å². The van der Waals surface area contributed by atoms with E-state index >= 15 is 0 Å². The molecule has 1 aliphatic heterocycles. The summed E-state index contributed by atoms with van der Waals surface area (Å²) in [5, 5.41) is 0. The van der Waals surface area contributed by atoms with Gasteiger partial charge in [-0.15, -0.1) is 0 Å². The summed E-state index contributed by atoms with van der Waals surface area (Å²) >= 11 is 0. The lowest BCUT2D eigenvalue weighted by Gasteiger charge is -2.23. The van der Waals surface area contributed by atoms with Gasteiger partial charge in [-0.1, -0.05) is 6.92 Å². The monoisotopic (exact) mass is 249 g/mol. The summed E-state index contributed by atoms with van der Waals surface area (Å²) in [4.78, 5) is 2.31. The maximum Gasteiger partial charge on any atom is 0.211 e. The number of hydrogen-bond acceptors (Lipinski definition) is 4. The number of hydrogen-bond donors (Lipinski definition) is 1. The van der Waals surface area contributed by atoms with Crippen molar-refractivity contribution in [1.29, 1.82) is 0 Å². The molecule has 1 fully saturated rings. The van der Waals surface area contributed by atoms with E-state index in [2.05, 4.69) is 11.8 Å². The van der Waals surface area contributed by atoms with Crippen molar-refractivity contribution < 1.29 is 8.42 Å². The Bertz CT molecular complexity index is 305. The van der Waals surface area contributed by atoms with Crippen molar-refractivity contribution in [3.05, 3.63) is 0 Å². The van der Waals surface area contributed by atoms with Crippen LogP contribution in [-0.4, -0.2) is 63.1 Å². The van der Waals surface area contributed by atoms with E-state index in [1.165, 1.54) is 6.26 Å². The zero-order chi connectivity index (χ0) is 12.2. The minimum atomic E-state index is -3.02. The molecule has 1 saturated heterocycles. The summed E-state index contributed by atoms with van der Waals surface area (Å²) in [5.41, 5.74) is 5.59. The van der Waals surface area contributed by atoms with Gasteiger partial charge in [0.1, 0.15) is 0 Å². The smallest absolute Gasteiger partial charge is 0.211 e. The minimum Gasteiger partial charge on any atom is -0.330 e. The molecule has 1 heterocycles. The Morgan fingerprint density at radius 1 is 1.25 bits per heavy atom. The van der Waals surface area contributed by atoms with Gasteiger partial charge < -0.3 is 10.6 Å². The van der Waals surface area contributed by atoms with E-state index in [9.17, 15) is 8.42 Å². The second-order valence-electron chi connectivity index (χ2n) is 4.66. The summed E-state index contributed by atoms with van der Waals surface area (Å²) in [6.45, 7) is 6.82. The van der Waals surface area contributed by atoms with E-state index < -0.39 is 10.0 Å². The highest BCUT2D eigenvalue weighted by molar-refractivity contribution is 7.88. The molecular weight excluding hydrogens is 226 g/mol. The van der Waals surface area contributed by atoms with Crippen LogP contribution in [0.5, 0.6) is 0 Å². The fourth-order valence-electron chi connectivity index (χ4n) is 1.98. The normalized spacial score (nSPS) is 22.9. The fraction of sp³-hybridized carbons (Fsp3) is 1.00. The molecule has 16 heavy (non-hydrogen) atoms. The molecule has 0 aromatic rings. The van der Waals surface area contributed by atoms with Gasteiger partial charge in [0.15, 0.2) is 0 Å². The summed E-state index contributed by atoms with van der Waals surface area (Å²) in [5.74, 6) is 0.477. The lowest BCUT2D eigenvalue weighted by atomic mass is 10.1. The summed E-state index contributed by atoms with van der Waals surface area (Å²) in [6.07, 6.45) is 2.19. The lowest BCUT2D eigenvalue weighted by Crippen LogP contribution is -2.36. The highest BCUT2D eigenvalue weighted by atomic mass is 32.2. The van der Waals surface area contributed by atoms with Crippen LogP contribution in [0.1, 0.15) is 13.3 Å². The van der Waals surface area contributed by atoms with Gasteiger partial charge in [0.05, 0.1) is 6.26 Å². The third-order valence-corrected chi connectivity index (χ3v) is 4.29. The topological polar surface area (TPSA) is 66.6 Å². The maximum atomic E-state index is 11.4. The highest BCUT2D eigenvalue weighted by Gasteiger charge is 2.21. The summed E-state index contributed by atoms with van der Waals surface area (Å²) in [6, 6.07) is 0. The molecular formula is C10H23N3O2S. The Morgan fingerprint density at radius 3 is 2.50 bits per heavy atom. The molecule has 0 spiro atoms. The van der Waals surface area contributed by atoms with Crippen molar-refractivity contribution in [2.45, 2.75) is 13.3 Å². The Morgan fingerprint density at radius 2 is 1.94 bits per heavy atom. The average molecular weight is 249 g/mol. The first kappa shape index (κ1) is 13.9. The van der Waals surface area contributed by atoms with Gasteiger partial charge in [0, 0.05) is 26.2 Å². The quantitative estimate of drug-likeness (QED) is 0.733. The van der Waals surface area contributed by atoms with Crippen molar-refractivity contribution >= 4 is 10.0 Å². The molecule has 1 unspecified atom stereocenters. The summed E-state index contributed by atoms with van der Waals surface area (Å²) in [7, 11) is -3.02. The van der Waals surface area contributed by atoms with Crippen LogP contribution in [-0.2, 0) is 10.0 Å². The molecule has 2 N–H and O–H groups in total.